The van der Waals surface area contributed by atoms with Gasteiger partial charge in [0, 0.05) is 30.4 Å². The largest absolute Gasteiger partial charge is 0.252 e. The molecule has 2 aromatic heterocycles. The molecule has 0 aromatic carbocycles. The summed E-state index contributed by atoms with van der Waals surface area (Å²) in [5.74, 6) is 0.842. The standard InChI is InChI=1S/C14H17N3O2S2/c1-10-8-11(2)16-14(15-10)12-5-6-17(9-12)21(18,19)13-4-3-7-20-13/h3-4,7-8,12H,5-6,9H2,1-2H3/t12-/m0/s1. The summed E-state index contributed by atoms with van der Waals surface area (Å²) in [4.78, 5) is 8.93. The fourth-order valence-electron chi connectivity index (χ4n) is 2.63. The van der Waals surface area contributed by atoms with E-state index in [9.17, 15) is 8.42 Å². The first-order valence-corrected chi connectivity index (χ1v) is 9.14. The summed E-state index contributed by atoms with van der Waals surface area (Å²) in [6.45, 7) is 4.87. The van der Waals surface area contributed by atoms with Gasteiger partial charge >= 0.3 is 0 Å². The number of rotatable bonds is 3. The Hall–Kier alpha value is -1.31. The van der Waals surface area contributed by atoms with Gasteiger partial charge in [-0.2, -0.15) is 4.31 Å². The highest BCUT2D eigenvalue weighted by Crippen LogP contribution is 2.31. The summed E-state index contributed by atoms with van der Waals surface area (Å²) in [7, 11) is -3.36. The highest BCUT2D eigenvalue weighted by Gasteiger charge is 2.35. The number of nitrogens with zero attached hydrogens (tertiary/aromatic N) is 3. The van der Waals surface area contributed by atoms with Crippen LogP contribution in [0.25, 0.3) is 0 Å². The Kier molecular flexibility index (Phi) is 3.81. The van der Waals surface area contributed by atoms with E-state index in [1.54, 1.807) is 21.8 Å². The van der Waals surface area contributed by atoms with Gasteiger partial charge in [0.15, 0.2) is 0 Å². The van der Waals surface area contributed by atoms with Crippen molar-refractivity contribution in [3.63, 3.8) is 0 Å². The number of thiophene rings is 1. The Balaban J connectivity index is 1.82. The Morgan fingerprint density at radius 1 is 1.29 bits per heavy atom. The van der Waals surface area contributed by atoms with Gasteiger partial charge in [0.05, 0.1) is 0 Å². The van der Waals surface area contributed by atoms with Crippen molar-refractivity contribution >= 4 is 21.4 Å². The maximum atomic E-state index is 12.5. The Morgan fingerprint density at radius 2 is 2.00 bits per heavy atom. The van der Waals surface area contributed by atoms with Crippen LogP contribution >= 0.6 is 11.3 Å². The van der Waals surface area contributed by atoms with Gasteiger partial charge in [-0.1, -0.05) is 6.07 Å². The maximum absolute atomic E-state index is 12.5. The fourth-order valence-corrected chi connectivity index (χ4v) is 5.28. The van der Waals surface area contributed by atoms with E-state index < -0.39 is 10.0 Å². The van der Waals surface area contributed by atoms with Gasteiger partial charge in [0.1, 0.15) is 10.0 Å². The van der Waals surface area contributed by atoms with Crippen LogP contribution in [0.15, 0.2) is 27.8 Å². The molecule has 0 amide bonds. The summed E-state index contributed by atoms with van der Waals surface area (Å²) in [5.41, 5.74) is 1.86. The minimum absolute atomic E-state index is 0.0818. The Morgan fingerprint density at radius 3 is 2.62 bits per heavy atom. The van der Waals surface area contributed by atoms with Gasteiger partial charge in [-0.05, 0) is 37.8 Å². The van der Waals surface area contributed by atoms with Crippen molar-refractivity contribution in [1.29, 1.82) is 0 Å². The van der Waals surface area contributed by atoms with E-state index >= 15 is 0 Å². The lowest BCUT2D eigenvalue weighted by atomic mass is 10.1. The second kappa shape index (κ2) is 5.47. The van der Waals surface area contributed by atoms with E-state index in [1.807, 2.05) is 19.9 Å². The van der Waals surface area contributed by atoms with Crippen LogP contribution in [0, 0.1) is 13.8 Å². The van der Waals surface area contributed by atoms with E-state index in [4.69, 9.17) is 0 Å². The van der Waals surface area contributed by atoms with Crippen molar-refractivity contribution in [3.8, 4) is 0 Å². The highest BCUT2D eigenvalue weighted by molar-refractivity contribution is 7.91. The molecule has 5 nitrogen and oxygen atoms in total. The van der Waals surface area contributed by atoms with Crippen molar-refractivity contribution in [2.24, 2.45) is 0 Å². The monoisotopic (exact) mass is 323 g/mol. The first kappa shape index (κ1) is 14.6. The van der Waals surface area contributed by atoms with Crippen molar-refractivity contribution < 1.29 is 8.42 Å². The SMILES string of the molecule is Cc1cc(C)nc([C@H]2CCN(S(=O)(=O)c3cccs3)C2)n1. The molecule has 0 unspecified atom stereocenters. The number of hydrogen-bond donors (Lipinski definition) is 0. The second-order valence-electron chi connectivity index (χ2n) is 5.29. The number of hydrogen-bond acceptors (Lipinski definition) is 5. The molecule has 112 valence electrons. The zero-order valence-corrected chi connectivity index (χ0v) is 13.6. The van der Waals surface area contributed by atoms with Crippen molar-refractivity contribution in [2.45, 2.75) is 30.4 Å². The number of aromatic nitrogens is 2. The lowest BCUT2D eigenvalue weighted by Gasteiger charge is -2.15. The summed E-state index contributed by atoms with van der Waals surface area (Å²) in [6.07, 6.45) is 0.771. The first-order chi connectivity index (χ1) is 9.96. The summed E-state index contributed by atoms with van der Waals surface area (Å²) in [5, 5.41) is 1.79. The molecule has 7 heteroatoms. The molecule has 0 radical (unpaired) electrons. The quantitative estimate of drug-likeness (QED) is 0.870. The molecular formula is C14H17N3O2S2. The molecule has 1 fully saturated rings. The topological polar surface area (TPSA) is 63.2 Å². The van der Waals surface area contributed by atoms with E-state index in [1.165, 1.54) is 11.3 Å². The molecular weight excluding hydrogens is 306 g/mol. The molecule has 1 saturated heterocycles. The van der Waals surface area contributed by atoms with Gasteiger partial charge in [0.2, 0.25) is 0 Å². The van der Waals surface area contributed by atoms with Crippen molar-refractivity contribution in [1.82, 2.24) is 14.3 Å². The summed E-state index contributed by atoms with van der Waals surface area (Å²) >= 11 is 1.26. The molecule has 0 aliphatic carbocycles. The predicted molar refractivity (Wildman–Crippen MR) is 81.9 cm³/mol. The molecule has 3 rings (SSSR count). The predicted octanol–water partition coefficient (Wildman–Crippen LogP) is 2.33. The molecule has 1 aliphatic rings. The zero-order valence-electron chi connectivity index (χ0n) is 12.0. The van der Waals surface area contributed by atoms with Crippen molar-refractivity contribution in [3.05, 3.63) is 40.8 Å². The lowest BCUT2D eigenvalue weighted by Crippen LogP contribution is -2.28. The molecule has 0 N–H and O–H groups in total. The maximum Gasteiger partial charge on any atom is 0.252 e. The first-order valence-electron chi connectivity index (χ1n) is 6.82. The Bertz CT molecular complexity index is 721. The third-order valence-electron chi connectivity index (χ3n) is 3.60. The molecule has 0 bridgehead atoms. The van der Waals surface area contributed by atoms with Crippen LogP contribution in [0.4, 0.5) is 0 Å². The van der Waals surface area contributed by atoms with Crippen LogP contribution < -0.4 is 0 Å². The molecule has 0 saturated carbocycles. The summed E-state index contributed by atoms with van der Waals surface area (Å²) < 4.78 is 27.0. The van der Waals surface area contributed by atoms with E-state index in [0.29, 0.717) is 17.3 Å². The molecule has 3 heterocycles. The van der Waals surface area contributed by atoms with Gasteiger partial charge in [-0.25, -0.2) is 18.4 Å². The van der Waals surface area contributed by atoms with Gasteiger partial charge in [0.25, 0.3) is 10.0 Å². The third-order valence-corrected chi connectivity index (χ3v) is 6.84. The van der Waals surface area contributed by atoms with Crippen LogP contribution in [0.3, 0.4) is 0 Å². The summed E-state index contributed by atoms with van der Waals surface area (Å²) in [6, 6.07) is 5.34. The van der Waals surface area contributed by atoms with Crippen molar-refractivity contribution in [2.75, 3.05) is 13.1 Å². The van der Waals surface area contributed by atoms with Crippen LogP contribution in [0.5, 0.6) is 0 Å². The fraction of sp³-hybridized carbons (Fsp3) is 0.429. The minimum Gasteiger partial charge on any atom is -0.238 e. The zero-order chi connectivity index (χ0) is 15.0. The van der Waals surface area contributed by atoms with Crippen LogP contribution in [-0.2, 0) is 10.0 Å². The van der Waals surface area contributed by atoms with E-state index in [0.717, 1.165) is 23.6 Å². The minimum atomic E-state index is -3.36. The van der Waals surface area contributed by atoms with Gasteiger partial charge in [-0.3, -0.25) is 0 Å². The number of aryl methyl sites for hydroxylation is 2. The van der Waals surface area contributed by atoms with Crippen LogP contribution in [-0.4, -0.2) is 35.8 Å². The Labute approximate surface area is 128 Å². The smallest absolute Gasteiger partial charge is 0.238 e. The van der Waals surface area contributed by atoms with Gasteiger partial charge in [-0.15, -0.1) is 11.3 Å². The number of sulfonamides is 1. The van der Waals surface area contributed by atoms with Crippen LogP contribution in [0.1, 0.15) is 29.6 Å². The highest BCUT2D eigenvalue weighted by atomic mass is 32.2. The van der Waals surface area contributed by atoms with E-state index in [-0.39, 0.29) is 5.92 Å². The lowest BCUT2D eigenvalue weighted by molar-refractivity contribution is 0.472. The normalized spacial score (nSPS) is 20.0. The van der Waals surface area contributed by atoms with E-state index in [2.05, 4.69) is 9.97 Å². The molecule has 1 aliphatic heterocycles. The second-order valence-corrected chi connectivity index (χ2v) is 8.40. The third kappa shape index (κ3) is 2.86. The average Bonchev–Trinajstić information content (AvgIpc) is 3.10. The van der Waals surface area contributed by atoms with Gasteiger partial charge < -0.3 is 0 Å². The molecule has 2 aromatic rings. The van der Waals surface area contributed by atoms with Crippen LogP contribution in [0.2, 0.25) is 0 Å². The average molecular weight is 323 g/mol. The molecule has 0 spiro atoms. The molecule has 21 heavy (non-hydrogen) atoms. The molecule has 1 atom stereocenters.